The number of nitrogens with zero attached hydrogens (tertiary/aromatic N) is 3. The van der Waals surface area contributed by atoms with Gasteiger partial charge in [0.25, 0.3) is 5.91 Å². The first kappa shape index (κ1) is 18.7. The Kier molecular flexibility index (Phi) is 4.52. The highest BCUT2D eigenvalue weighted by atomic mass is 16.1. The highest BCUT2D eigenvalue weighted by Crippen LogP contribution is 2.28. The first-order valence-corrected chi connectivity index (χ1v) is 9.87. The van der Waals surface area contributed by atoms with Gasteiger partial charge in [-0.1, -0.05) is 18.2 Å². The molecule has 150 valence electrons. The SMILES string of the molecule is Cc1ccc(C(=O)Nc2cccc3ncccc23)cc1-c1ccc2nc(N)ncc2c1. The van der Waals surface area contributed by atoms with Crippen LogP contribution in [0, 0.1) is 6.92 Å². The number of benzene rings is 3. The van der Waals surface area contributed by atoms with Crippen LogP contribution in [0.2, 0.25) is 0 Å². The van der Waals surface area contributed by atoms with Crippen LogP contribution in [0.25, 0.3) is 32.9 Å². The minimum Gasteiger partial charge on any atom is -0.368 e. The fraction of sp³-hybridized carbons (Fsp3) is 0.0400. The van der Waals surface area contributed by atoms with Crippen LogP contribution in [0.3, 0.4) is 0 Å². The van der Waals surface area contributed by atoms with E-state index >= 15 is 0 Å². The zero-order chi connectivity index (χ0) is 21.4. The van der Waals surface area contributed by atoms with Crippen molar-refractivity contribution in [1.29, 1.82) is 0 Å². The maximum atomic E-state index is 13.0. The molecule has 31 heavy (non-hydrogen) atoms. The number of rotatable bonds is 3. The van der Waals surface area contributed by atoms with Crippen molar-refractivity contribution in [3.8, 4) is 11.1 Å². The molecule has 6 heteroatoms. The third-order valence-corrected chi connectivity index (χ3v) is 5.30. The van der Waals surface area contributed by atoms with Gasteiger partial charge in [-0.2, -0.15) is 0 Å². The van der Waals surface area contributed by atoms with Crippen molar-refractivity contribution in [2.45, 2.75) is 6.92 Å². The molecule has 0 saturated heterocycles. The number of nitrogens with two attached hydrogens (primary N) is 1. The molecule has 0 radical (unpaired) electrons. The Morgan fingerprint density at radius 2 is 1.84 bits per heavy atom. The molecule has 5 aromatic rings. The maximum absolute atomic E-state index is 13.0. The van der Waals surface area contributed by atoms with Gasteiger partial charge < -0.3 is 11.1 Å². The quantitative estimate of drug-likeness (QED) is 0.441. The molecule has 0 spiro atoms. The highest BCUT2D eigenvalue weighted by molar-refractivity contribution is 6.09. The van der Waals surface area contributed by atoms with Gasteiger partial charge in [0.15, 0.2) is 0 Å². The number of carbonyl (C=O) groups excluding carboxylic acids is 1. The van der Waals surface area contributed by atoms with Crippen molar-refractivity contribution >= 4 is 39.3 Å². The number of nitrogens with one attached hydrogen (secondary N) is 1. The predicted molar refractivity (Wildman–Crippen MR) is 124 cm³/mol. The standard InChI is InChI=1S/C25H19N5O/c1-15-7-8-17(24(31)29-23-6-2-5-22-19(23)4-3-11-27-22)13-20(15)16-9-10-21-18(12-16)14-28-25(26)30-21/h2-14H,1H3,(H,29,31)(H2,26,28,30). The van der Waals surface area contributed by atoms with Gasteiger partial charge >= 0.3 is 0 Å². The van der Waals surface area contributed by atoms with E-state index in [1.165, 1.54) is 0 Å². The van der Waals surface area contributed by atoms with E-state index in [0.29, 0.717) is 5.56 Å². The molecular formula is C25H19N5O. The molecule has 0 atom stereocenters. The molecule has 3 aromatic carbocycles. The Bertz CT molecular complexity index is 1460. The summed E-state index contributed by atoms with van der Waals surface area (Å²) in [6, 6.07) is 21.1. The molecule has 0 aliphatic rings. The molecule has 0 unspecified atom stereocenters. The van der Waals surface area contributed by atoms with Crippen LogP contribution >= 0.6 is 0 Å². The molecule has 0 aliphatic carbocycles. The number of hydrogen-bond acceptors (Lipinski definition) is 5. The fourth-order valence-corrected chi connectivity index (χ4v) is 3.70. The van der Waals surface area contributed by atoms with Crippen LogP contribution in [0.4, 0.5) is 11.6 Å². The normalized spacial score (nSPS) is 11.0. The Hall–Kier alpha value is -4.32. The first-order valence-electron chi connectivity index (χ1n) is 9.87. The molecule has 0 aliphatic heterocycles. The molecule has 1 amide bonds. The van der Waals surface area contributed by atoms with E-state index in [2.05, 4.69) is 20.3 Å². The van der Waals surface area contributed by atoms with Crippen molar-refractivity contribution in [2.24, 2.45) is 0 Å². The Morgan fingerprint density at radius 3 is 2.74 bits per heavy atom. The number of pyridine rings is 1. The van der Waals surface area contributed by atoms with E-state index in [1.807, 2.05) is 73.7 Å². The highest BCUT2D eigenvalue weighted by Gasteiger charge is 2.12. The zero-order valence-electron chi connectivity index (χ0n) is 16.8. The minimum absolute atomic E-state index is 0.172. The van der Waals surface area contributed by atoms with E-state index < -0.39 is 0 Å². The largest absolute Gasteiger partial charge is 0.368 e. The summed E-state index contributed by atoms with van der Waals surface area (Å²) in [5.74, 6) is 0.0771. The van der Waals surface area contributed by atoms with Crippen molar-refractivity contribution in [3.05, 3.63) is 90.3 Å². The number of aryl methyl sites for hydroxylation is 1. The second-order valence-corrected chi connectivity index (χ2v) is 7.36. The summed E-state index contributed by atoms with van der Waals surface area (Å²) in [6.45, 7) is 2.02. The molecule has 6 nitrogen and oxygen atoms in total. The Labute approximate surface area is 178 Å². The Balaban J connectivity index is 1.51. The fourth-order valence-electron chi connectivity index (χ4n) is 3.70. The average molecular weight is 405 g/mol. The smallest absolute Gasteiger partial charge is 0.255 e. The predicted octanol–water partition coefficient (Wildman–Crippen LogP) is 4.99. The number of fused-ring (bicyclic) bond motifs is 2. The van der Waals surface area contributed by atoms with Gasteiger partial charge in [-0.25, -0.2) is 9.97 Å². The number of amides is 1. The first-order chi connectivity index (χ1) is 15.1. The van der Waals surface area contributed by atoms with E-state index in [9.17, 15) is 4.79 Å². The summed E-state index contributed by atoms with van der Waals surface area (Å²) in [7, 11) is 0. The monoisotopic (exact) mass is 405 g/mol. The van der Waals surface area contributed by atoms with Crippen LogP contribution < -0.4 is 11.1 Å². The van der Waals surface area contributed by atoms with E-state index in [1.54, 1.807) is 12.4 Å². The average Bonchev–Trinajstić information content (AvgIpc) is 2.79. The molecular weight excluding hydrogens is 386 g/mol. The van der Waals surface area contributed by atoms with Gasteiger partial charge in [-0.15, -0.1) is 0 Å². The second kappa shape index (κ2) is 7.50. The van der Waals surface area contributed by atoms with Crippen LogP contribution in [-0.2, 0) is 0 Å². The number of carbonyl (C=O) groups is 1. The third kappa shape index (κ3) is 3.55. The number of hydrogen-bond donors (Lipinski definition) is 2. The lowest BCUT2D eigenvalue weighted by Gasteiger charge is -2.12. The van der Waals surface area contributed by atoms with Crippen LogP contribution in [0.5, 0.6) is 0 Å². The Morgan fingerprint density at radius 1 is 0.935 bits per heavy atom. The van der Waals surface area contributed by atoms with E-state index in [4.69, 9.17) is 5.73 Å². The van der Waals surface area contributed by atoms with Gasteiger partial charge in [-0.05, 0) is 72.1 Å². The molecule has 2 aromatic heterocycles. The van der Waals surface area contributed by atoms with Crippen molar-refractivity contribution in [1.82, 2.24) is 15.0 Å². The summed E-state index contributed by atoms with van der Waals surface area (Å²) in [6.07, 6.45) is 3.45. The van der Waals surface area contributed by atoms with Gasteiger partial charge in [0, 0.05) is 28.7 Å². The van der Waals surface area contributed by atoms with Gasteiger partial charge in [-0.3, -0.25) is 9.78 Å². The van der Waals surface area contributed by atoms with E-state index in [-0.39, 0.29) is 11.9 Å². The van der Waals surface area contributed by atoms with Crippen LogP contribution in [0.15, 0.2) is 79.1 Å². The molecule has 0 saturated carbocycles. The lowest BCUT2D eigenvalue weighted by Crippen LogP contribution is -2.12. The second-order valence-electron chi connectivity index (χ2n) is 7.36. The molecule has 3 N–H and O–H groups in total. The third-order valence-electron chi connectivity index (χ3n) is 5.30. The van der Waals surface area contributed by atoms with Crippen LogP contribution in [0.1, 0.15) is 15.9 Å². The lowest BCUT2D eigenvalue weighted by atomic mass is 9.97. The van der Waals surface area contributed by atoms with Crippen molar-refractivity contribution in [3.63, 3.8) is 0 Å². The van der Waals surface area contributed by atoms with Crippen molar-refractivity contribution < 1.29 is 4.79 Å². The van der Waals surface area contributed by atoms with Crippen LogP contribution in [-0.4, -0.2) is 20.9 Å². The summed E-state index contributed by atoms with van der Waals surface area (Å²) in [5, 5.41) is 4.82. The van der Waals surface area contributed by atoms with E-state index in [0.717, 1.165) is 44.2 Å². The summed E-state index contributed by atoms with van der Waals surface area (Å²) in [4.78, 5) is 25.7. The topological polar surface area (TPSA) is 93.8 Å². The molecule has 5 rings (SSSR count). The maximum Gasteiger partial charge on any atom is 0.255 e. The summed E-state index contributed by atoms with van der Waals surface area (Å²) >= 11 is 0. The number of nitrogen functional groups attached to an aromatic ring is 1. The molecule has 2 heterocycles. The van der Waals surface area contributed by atoms with Gasteiger partial charge in [0.05, 0.1) is 16.7 Å². The number of anilines is 2. The zero-order valence-corrected chi connectivity index (χ0v) is 16.8. The van der Waals surface area contributed by atoms with Gasteiger partial charge in [0.1, 0.15) is 0 Å². The van der Waals surface area contributed by atoms with Gasteiger partial charge in [0.2, 0.25) is 5.95 Å². The minimum atomic E-state index is -0.172. The van der Waals surface area contributed by atoms with Crippen molar-refractivity contribution in [2.75, 3.05) is 11.1 Å². The summed E-state index contributed by atoms with van der Waals surface area (Å²) in [5.41, 5.74) is 11.6. The molecule has 0 fully saturated rings. The number of aromatic nitrogens is 3. The molecule has 0 bridgehead atoms. The summed E-state index contributed by atoms with van der Waals surface area (Å²) < 4.78 is 0. The lowest BCUT2D eigenvalue weighted by molar-refractivity contribution is 0.102.